The highest BCUT2D eigenvalue weighted by Gasteiger charge is 2.37. The summed E-state index contributed by atoms with van der Waals surface area (Å²) in [6, 6.07) is -0.804. The quantitative estimate of drug-likeness (QED) is 0.637. The van der Waals surface area contributed by atoms with Gasteiger partial charge >= 0.3 is 0 Å². The number of hydrogen-bond acceptors (Lipinski definition) is 4. The first-order chi connectivity index (χ1) is 9.36. The van der Waals surface area contributed by atoms with Gasteiger partial charge in [0.1, 0.15) is 6.04 Å². The Kier molecular flexibility index (Phi) is 5.66. The van der Waals surface area contributed by atoms with Gasteiger partial charge in [-0.1, -0.05) is 13.8 Å². The van der Waals surface area contributed by atoms with Gasteiger partial charge in [-0.05, 0) is 6.42 Å². The predicted octanol–water partition coefficient (Wildman–Crippen LogP) is -0.588. The van der Waals surface area contributed by atoms with E-state index in [0.717, 1.165) is 11.3 Å². The molecule has 1 heterocycles. The lowest BCUT2D eigenvalue weighted by Gasteiger charge is -2.15. The fourth-order valence-electron chi connectivity index (χ4n) is 1.89. The van der Waals surface area contributed by atoms with Crippen molar-refractivity contribution >= 4 is 23.6 Å². The number of hydrogen-bond donors (Lipinski definition) is 2. The van der Waals surface area contributed by atoms with E-state index in [9.17, 15) is 19.2 Å². The summed E-state index contributed by atoms with van der Waals surface area (Å²) in [6.45, 7) is 4.13. The molecule has 0 spiro atoms. The topological polar surface area (TPSA) is 95.6 Å². The van der Waals surface area contributed by atoms with Crippen LogP contribution in [0.1, 0.15) is 33.1 Å². The highest BCUT2D eigenvalue weighted by Crippen LogP contribution is 2.12. The first-order valence-electron chi connectivity index (χ1n) is 6.74. The van der Waals surface area contributed by atoms with Crippen LogP contribution in [-0.4, -0.2) is 48.2 Å². The zero-order valence-electron chi connectivity index (χ0n) is 12.1. The van der Waals surface area contributed by atoms with Crippen molar-refractivity contribution in [2.24, 2.45) is 5.92 Å². The zero-order valence-corrected chi connectivity index (χ0v) is 12.1. The molecule has 0 aromatic rings. The van der Waals surface area contributed by atoms with E-state index < -0.39 is 23.8 Å². The molecule has 20 heavy (non-hydrogen) atoms. The van der Waals surface area contributed by atoms with E-state index in [2.05, 4.69) is 10.6 Å². The standard InChI is InChI=1S/C13H21N3O4/c1-4-5-14-10(17)6-8(2)12(19)15-9-7-11(18)16(3)13(9)20/h8-9H,4-7H2,1-3H3,(H,14,17)(H,15,19). The molecule has 0 radical (unpaired) electrons. The second-order valence-electron chi connectivity index (χ2n) is 5.01. The maximum Gasteiger partial charge on any atom is 0.252 e. The lowest BCUT2D eigenvalue weighted by Crippen LogP contribution is -2.43. The molecule has 0 aliphatic carbocycles. The summed E-state index contributed by atoms with van der Waals surface area (Å²) in [7, 11) is 1.39. The maximum atomic E-state index is 11.9. The SMILES string of the molecule is CCCNC(=O)CC(C)C(=O)NC1CC(=O)N(C)C1=O. The number of nitrogens with zero attached hydrogens (tertiary/aromatic N) is 1. The molecule has 2 atom stereocenters. The normalized spacial score (nSPS) is 19.9. The molecule has 0 saturated carbocycles. The Morgan fingerprint density at radius 3 is 2.55 bits per heavy atom. The first-order valence-corrected chi connectivity index (χ1v) is 6.74. The number of likely N-dealkylation sites (N-methyl/N-ethyl adjacent to an activating group) is 1. The number of imide groups is 1. The summed E-state index contributed by atoms with van der Waals surface area (Å²) < 4.78 is 0. The van der Waals surface area contributed by atoms with Gasteiger partial charge in [0, 0.05) is 25.9 Å². The minimum atomic E-state index is -0.804. The van der Waals surface area contributed by atoms with E-state index in [-0.39, 0.29) is 24.7 Å². The zero-order chi connectivity index (χ0) is 15.3. The average Bonchev–Trinajstić information content (AvgIpc) is 2.63. The fourth-order valence-corrected chi connectivity index (χ4v) is 1.89. The predicted molar refractivity (Wildman–Crippen MR) is 71.4 cm³/mol. The van der Waals surface area contributed by atoms with Gasteiger partial charge in [-0.25, -0.2) is 0 Å². The summed E-state index contributed by atoms with van der Waals surface area (Å²) in [5.41, 5.74) is 0. The van der Waals surface area contributed by atoms with E-state index in [4.69, 9.17) is 0 Å². The molecule has 2 unspecified atom stereocenters. The summed E-state index contributed by atoms with van der Waals surface area (Å²) in [6.07, 6.45) is 0.879. The van der Waals surface area contributed by atoms with E-state index in [1.807, 2.05) is 6.92 Å². The third-order valence-electron chi connectivity index (χ3n) is 3.21. The highest BCUT2D eigenvalue weighted by atomic mass is 16.2. The Labute approximate surface area is 118 Å². The van der Waals surface area contributed by atoms with Gasteiger partial charge in [0.2, 0.25) is 17.7 Å². The summed E-state index contributed by atoms with van der Waals surface area (Å²) >= 11 is 0. The molecule has 4 amide bonds. The fraction of sp³-hybridized carbons (Fsp3) is 0.692. The van der Waals surface area contributed by atoms with Crippen molar-refractivity contribution < 1.29 is 19.2 Å². The van der Waals surface area contributed by atoms with Crippen molar-refractivity contribution in [1.82, 2.24) is 15.5 Å². The van der Waals surface area contributed by atoms with Crippen molar-refractivity contribution in [3.63, 3.8) is 0 Å². The largest absolute Gasteiger partial charge is 0.356 e. The van der Waals surface area contributed by atoms with Crippen LogP contribution < -0.4 is 10.6 Å². The highest BCUT2D eigenvalue weighted by molar-refractivity contribution is 6.06. The molecule has 1 aliphatic rings. The number of carbonyl (C=O) groups excluding carboxylic acids is 4. The number of carbonyl (C=O) groups is 4. The number of rotatable bonds is 6. The summed E-state index contributed by atoms with van der Waals surface area (Å²) in [4.78, 5) is 47.4. The van der Waals surface area contributed by atoms with Crippen molar-refractivity contribution in [2.45, 2.75) is 39.2 Å². The monoisotopic (exact) mass is 283 g/mol. The van der Waals surface area contributed by atoms with E-state index in [1.165, 1.54) is 7.05 Å². The van der Waals surface area contributed by atoms with Crippen molar-refractivity contribution in [3.05, 3.63) is 0 Å². The van der Waals surface area contributed by atoms with Crippen LogP contribution in [0.3, 0.4) is 0 Å². The van der Waals surface area contributed by atoms with Gasteiger partial charge in [-0.15, -0.1) is 0 Å². The Balaban J connectivity index is 2.44. The van der Waals surface area contributed by atoms with Gasteiger partial charge in [-0.3, -0.25) is 24.1 Å². The molecule has 1 aliphatic heterocycles. The van der Waals surface area contributed by atoms with Gasteiger partial charge in [-0.2, -0.15) is 0 Å². The van der Waals surface area contributed by atoms with Crippen molar-refractivity contribution in [1.29, 1.82) is 0 Å². The van der Waals surface area contributed by atoms with E-state index in [0.29, 0.717) is 6.54 Å². The third kappa shape index (κ3) is 4.04. The van der Waals surface area contributed by atoms with Crippen molar-refractivity contribution in [2.75, 3.05) is 13.6 Å². The number of likely N-dealkylation sites (tertiary alicyclic amines) is 1. The van der Waals surface area contributed by atoms with Crippen LogP contribution in [0.25, 0.3) is 0 Å². The van der Waals surface area contributed by atoms with Crippen LogP contribution in [-0.2, 0) is 19.2 Å². The Morgan fingerprint density at radius 2 is 2.05 bits per heavy atom. The van der Waals surface area contributed by atoms with Crippen LogP contribution in [0.15, 0.2) is 0 Å². The number of nitrogens with one attached hydrogen (secondary N) is 2. The molecule has 0 aromatic heterocycles. The molecule has 0 bridgehead atoms. The Morgan fingerprint density at radius 1 is 1.40 bits per heavy atom. The van der Waals surface area contributed by atoms with Crippen LogP contribution in [0.4, 0.5) is 0 Å². The number of amides is 4. The second kappa shape index (κ2) is 7.02. The second-order valence-corrected chi connectivity index (χ2v) is 5.01. The molecule has 112 valence electrons. The van der Waals surface area contributed by atoms with Crippen LogP contribution >= 0.6 is 0 Å². The first kappa shape index (κ1) is 16.1. The van der Waals surface area contributed by atoms with E-state index in [1.54, 1.807) is 6.92 Å². The Bertz CT molecular complexity index is 422. The van der Waals surface area contributed by atoms with E-state index >= 15 is 0 Å². The molecule has 1 rings (SSSR count). The van der Waals surface area contributed by atoms with Gasteiger partial charge in [0.25, 0.3) is 5.91 Å². The minimum Gasteiger partial charge on any atom is -0.356 e. The maximum absolute atomic E-state index is 11.9. The summed E-state index contributed by atoms with van der Waals surface area (Å²) in [5.74, 6) is -1.85. The van der Waals surface area contributed by atoms with Gasteiger partial charge in [0.15, 0.2) is 0 Å². The van der Waals surface area contributed by atoms with Crippen LogP contribution in [0.2, 0.25) is 0 Å². The lowest BCUT2D eigenvalue weighted by molar-refractivity contribution is -0.138. The molecule has 7 nitrogen and oxygen atoms in total. The molecular formula is C13H21N3O4. The molecule has 1 fully saturated rings. The Hall–Kier alpha value is -1.92. The molecule has 1 saturated heterocycles. The average molecular weight is 283 g/mol. The van der Waals surface area contributed by atoms with Gasteiger partial charge in [0.05, 0.1) is 6.42 Å². The molecule has 7 heteroatoms. The van der Waals surface area contributed by atoms with Crippen molar-refractivity contribution in [3.8, 4) is 0 Å². The molecule has 0 aromatic carbocycles. The van der Waals surface area contributed by atoms with Gasteiger partial charge < -0.3 is 10.6 Å². The molecular weight excluding hydrogens is 262 g/mol. The lowest BCUT2D eigenvalue weighted by atomic mass is 10.1. The van der Waals surface area contributed by atoms with Crippen LogP contribution in [0.5, 0.6) is 0 Å². The van der Waals surface area contributed by atoms with Crippen LogP contribution in [0, 0.1) is 5.92 Å². The molecule has 2 N–H and O–H groups in total. The third-order valence-corrected chi connectivity index (χ3v) is 3.21. The minimum absolute atomic E-state index is 0.0180. The summed E-state index contributed by atoms with van der Waals surface area (Å²) in [5, 5.41) is 5.21. The smallest absolute Gasteiger partial charge is 0.252 e.